The molecule has 1 aliphatic rings. The lowest BCUT2D eigenvalue weighted by atomic mass is 10.1. The Morgan fingerprint density at radius 3 is 2.83 bits per heavy atom. The lowest BCUT2D eigenvalue weighted by Crippen LogP contribution is -2.37. The molecule has 1 amide bonds. The van der Waals surface area contributed by atoms with Gasteiger partial charge in [-0.05, 0) is 30.5 Å². The predicted octanol–water partition coefficient (Wildman–Crippen LogP) is 3.80. The summed E-state index contributed by atoms with van der Waals surface area (Å²) < 4.78 is 24.7. The minimum absolute atomic E-state index is 0.0563. The van der Waals surface area contributed by atoms with Crippen molar-refractivity contribution in [1.82, 2.24) is 10.2 Å². The fourth-order valence-electron chi connectivity index (χ4n) is 2.68. The fourth-order valence-corrected chi connectivity index (χ4v) is 3.13. The van der Waals surface area contributed by atoms with Crippen LogP contribution in [0.2, 0.25) is 10.0 Å². The molecule has 0 heterocycles. The number of carbonyl (C=O) groups excluding carboxylic acids is 1. The van der Waals surface area contributed by atoms with Crippen molar-refractivity contribution in [2.45, 2.75) is 25.7 Å². The van der Waals surface area contributed by atoms with E-state index >= 15 is 0 Å². The predicted molar refractivity (Wildman–Crippen MR) is 88.4 cm³/mol. The zero-order valence-electron chi connectivity index (χ0n) is 12.9. The fraction of sp³-hybridized carbons (Fsp3) is 0.562. The molecule has 0 saturated heterocycles. The van der Waals surface area contributed by atoms with Crippen LogP contribution < -0.4 is 5.32 Å². The number of likely N-dealkylation sites (N-methyl/N-ethyl adjacent to an activating group) is 1. The number of nitrogens with one attached hydrogen (secondary N) is 1. The Labute approximate surface area is 144 Å². The maximum absolute atomic E-state index is 12.4. The molecular weight excluding hydrogens is 345 g/mol. The molecule has 0 bridgehead atoms. The Hall–Kier alpha value is -0.910. The van der Waals surface area contributed by atoms with Gasteiger partial charge in [-0.15, -0.1) is 0 Å². The van der Waals surface area contributed by atoms with Crippen molar-refractivity contribution in [2.75, 3.05) is 26.2 Å². The van der Waals surface area contributed by atoms with Crippen molar-refractivity contribution in [3.05, 3.63) is 33.8 Å². The molecule has 0 aliphatic heterocycles. The normalized spacial score (nSPS) is 20.1. The number of rotatable bonds is 8. The van der Waals surface area contributed by atoms with E-state index in [0.717, 1.165) is 12.0 Å². The average molecular weight is 365 g/mol. The van der Waals surface area contributed by atoms with E-state index in [4.69, 9.17) is 23.2 Å². The molecule has 1 fully saturated rings. The lowest BCUT2D eigenvalue weighted by molar-refractivity contribution is -0.122. The van der Waals surface area contributed by atoms with Gasteiger partial charge >= 0.3 is 0 Å². The average Bonchev–Trinajstić information content (AvgIpc) is 3.29. The second-order valence-corrected chi connectivity index (χ2v) is 6.45. The summed E-state index contributed by atoms with van der Waals surface area (Å²) in [5, 5.41) is 3.81. The highest BCUT2D eigenvalue weighted by molar-refractivity contribution is 6.42. The van der Waals surface area contributed by atoms with E-state index in [0.29, 0.717) is 29.7 Å². The number of nitrogens with zero attached hydrogens (tertiary/aromatic N) is 1. The first-order valence-electron chi connectivity index (χ1n) is 7.66. The highest BCUT2D eigenvalue weighted by Crippen LogP contribution is 2.50. The first-order valence-corrected chi connectivity index (χ1v) is 8.41. The quantitative estimate of drug-likeness (QED) is 0.760. The van der Waals surface area contributed by atoms with Crippen molar-refractivity contribution in [3.8, 4) is 0 Å². The zero-order valence-corrected chi connectivity index (χ0v) is 14.4. The number of alkyl halides is 2. The minimum Gasteiger partial charge on any atom is -0.355 e. The van der Waals surface area contributed by atoms with Gasteiger partial charge in [0.1, 0.15) is 0 Å². The van der Waals surface area contributed by atoms with Gasteiger partial charge in [-0.2, -0.15) is 0 Å². The van der Waals surface area contributed by atoms with Crippen LogP contribution in [0, 0.1) is 5.92 Å². The molecule has 0 unspecified atom stereocenters. The highest BCUT2D eigenvalue weighted by atomic mass is 35.5. The molecule has 1 aromatic rings. The van der Waals surface area contributed by atoms with Crippen molar-refractivity contribution >= 4 is 29.1 Å². The monoisotopic (exact) mass is 364 g/mol. The molecule has 23 heavy (non-hydrogen) atoms. The molecule has 1 N–H and O–H groups in total. The zero-order chi connectivity index (χ0) is 17.0. The molecule has 0 aromatic heterocycles. The first kappa shape index (κ1) is 18.4. The van der Waals surface area contributed by atoms with Crippen LogP contribution >= 0.6 is 23.2 Å². The number of halogens is 4. The van der Waals surface area contributed by atoms with E-state index < -0.39 is 6.43 Å². The Balaban J connectivity index is 1.79. The SMILES string of the molecule is CCN(CCNC(=O)[C@H]1C[C@H]1c1cccc(Cl)c1Cl)CC(F)F. The van der Waals surface area contributed by atoms with Crippen LogP contribution in [0.25, 0.3) is 0 Å². The third kappa shape index (κ3) is 5.03. The number of amides is 1. The Bertz CT molecular complexity index is 557. The van der Waals surface area contributed by atoms with Crippen molar-refractivity contribution in [1.29, 1.82) is 0 Å². The molecule has 3 nitrogen and oxygen atoms in total. The summed E-state index contributed by atoms with van der Waals surface area (Å²) in [5.41, 5.74) is 0.896. The van der Waals surface area contributed by atoms with Gasteiger partial charge in [0.2, 0.25) is 5.91 Å². The van der Waals surface area contributed by atoms with Crippen LogP contribution in [0.1, 0.15) is 24.8 Å². The van der Waals surface area contributed by atoms with Crippen LogP contribution in [0.3, 0.4) is 0 Å². The standard InChI is InChI=1S/C16H20Cl2F2N2O/c1-2-22(9-14(19)20)7-6-21-16(23)12-8-11(12)10-4-3-5-13(17)15(10)18/h3-5,11-12,14H,2,6-9H2,1H3,(H,21,23)/t11-,12-/m0/s1. The maximum Gasteiger partial charge on any atom is 0.251 e. The third-order valence-corrected chi connectivity index (χ3v) is 4.91. The number of hydrogen-bond acceptors (Lipinski definition) is 2. The molecule has 1 aliphatic carbocycles. The van der Waals surface area contributed by atoms with Gasteiger partial charge in [0.25, 0.3) is 6.43 Å². The second kappa shape index (κ2) is 8.27. The van der Waals surface area contributed by atoms with Gasteiger partial charge in [-0.3, -0.25) is 9.69 Å². The minimum atomic E-state index is -2.36. The van der Waals surface area contributed by atoms with Crippen molar-refractivity contribution < 1.29 is 13.6 Å². The number of hydrogen-bond donors (Lipinski definition) is 1. The Morgan fingerprint density at radius 1 is 1.43 bits per heavy atom. The van der Waals surface area contributed by atoms with Gasteiger partial charge in [0.05, 0.1) is 16.6 Å². The summed E-state index contributed by atoms with van der Waals surface area (Å²) in [6, 6.07) is 5.42. The van der Waals surface area contributed by atoms with Crippen LogP contribution in [-0.2, 0) is 4.79 Å². The molecule has 1 aromatic carbocycles. The van der Waals surface area contributed by atoms with E-state index in [-0.39, 0.29) is 24.3 Å². The van der Waals surface area contributed by atoms with Crippen LogP contribution in [0.4, 0.5) is 8.78 Å². The molecule has 7 heteroatoms. The molecule has 128 valence electrons. The van der Waals surface area contributed by atoms with Gasteiger partial charge in [-0.25, -0.2) is 8.78 Å². The third-order valence-electron chi connectivity index (χ3n) is 4.08. The topological polar surface area (TPSA) is 32.3 Å². The smallest absolute Gasteiger partial charge is 0.251 e. The molecular formula is C16H20Cl2F2N2O. The van der Waals surface area contributed by atoms with E-state index in [1.54, 1.807) is 11.0 Å². The summed E-state index contributed by atoms with van der Waals surface area (Å²) in [4.78, 5) is 13.7. The maximum atomic E-state index is 12.4. The van der Waals surface area contributed by atoms with Crippen LogP contribution in [-0.4, -0.2) is 43.4 Å². The highest BCUT2D eigenvalue weighted by Gasteiger charge is 2.44. The summed E-state index contributed by atoms with van der Waals surface area (Å²) in [6.45, 7) is 2.87. The van der Waals surface area contributed by atoms with Crippen LogP contribution in [0.15, 0.2) is 18.2 Å². The van der Waals surface area contributed by atoms with Crippen molar-refractivity contribution in [2.24, 2.45) is 5.92 Å². The summed E-state index contributed by atoms with van der Waals surface area (Å²) in [5.74, 6) is -0.0835. The second-order valence-electron chi connectivity index (χ2n) is 5.67. The van der Waals surface area contributed by atoms with E-state index in [1.165, 1.54) is 0 Å². The van der Waals surface area contributed by atoms with E-state index in [9.17, 15) is 13.6 Å². The Morgan fingerprint density at radius 2 is 2.17 bits per heavy atom. The number of carbonyl (C=O) groups is 1. The molecule has 2 atom stereocenters. The van der Waals surface area contributed by atoms with Crippen molar-refractivity contribution in [3.63, 3.8) is 0 Å². The van der Waals surface area contributed by atoms with Crippen LogP contribution in [0.5, 0.6) is 0 Å². The molecule has 0 radical (unpaired) electrons. The summed E-state index contributed by atoms with van der Waals surface area (Å²) >= 11 is 12.2. The summed E-state index contributed by atoms with van der Waals surface area (Å²) in [6.07, 6.45) is -1.62. The van der Waals surface area contributed by atoms with Gasteiger partial charge in [0, 0.05) is 19.0 Å². The molecule has 1 saturated carbocycles. The molecule has 0 spiro atoms. The van der Waals surface area contributed by atoms with E-state index in [1.807, 2.05) is 19.1 Å². The first-order chi connectivity index (χ1) is 10.9. The molecule has 2 rings (SSSR count). The Kier molecular flexibility index (Phi) is 6.62. The van der Waals surface area contributed by atoms with E-state index in [2.05, 4.69) is 5.32 Å². The lowest BCUT2D eigenvalue weighted by Gasteiger charge is -2.19. The summed E-state index contributed by atoms with van der Waals surface area (Å²) in [7, 11) is 0. The van der Waals surface area contributed by atoms with Gasteiger partial charge < -0.3 is 5.32 Å². The van der Waals surface area contributed by atoms with Gasteiger partial charge in [-0.1, -0.05) is 42.3 Å². The van der Waals surface area contributed by atoms with Gasteiger partial charge in [0.15, 0.2) is 0 Å². The number of benzene rings is 1. The largest absolute Gasteiger partial charge is 0.355 e.